The number of nitrogens with zero attached hydrogens (tertiary/aromatic N) is 1. The maximum absolute atomic E-state index is 11.9. The number of aromatic nitrogens is 2. The lowest BCUT2D eigenvalue weighted by molar-refractivity contribution is 0.102. The SMILES string of the molecule is CCc1cc(NC(=O)c2ccc(I)c(Cl)c2)n[nH]1. The Morgan fingerprint density at radius 1 is 1.50 bits per heavy atom. The molecule has 0 aliphatic carbocycles. The van der Waals surface area contributed by atoms with Gasteiger partial charge in [0.2, 0.25) is 0 Å². The fraction of sp³-hybridized carbons (Fsp3) is 0.167. The summed E-state index contributed by atoms with van der Waals surface area (Å²) >= 11 is 8.09. The molecular formula is C12H11ClIN3O. The Morgan fingerprint density at radius 3 is 2.89 bits per heavy atom. The molecule has 0 radical (unpaired) electrons. The van der Waals surface area contributed by atoms with Gasteiger partial charge in [0.1, 0.15) is 0 Å². The highest BCUT2D eigenvalue weighted by Crippen LogP contribution is 2.20. The third-order valence-corrected chi connectivity index (χ3v) is 4.01. The first-order valence-corrected chi connectivity index (χ1v) is 6.86. The zero-order chi connectivity index (χ0) is 13.1. The van der Waals surface area contributed by atoms with Gasteiger partial charge in [0, 0.05) is 20.9 Å². The smallest absolute Gasteiger partial charge is 0.256 e. The third-order valence-electron chi connectivity index (χ3n) is 2.44. The van der Waals surface area contributed by atoms with Gasteiger partial charge in [0.05, 0.1) is 5.02 Å². The fourth-order valence-electron chi connectivity index (χ4n) is 1.43. The van der Waals surface area contributed by atoms with Gasteiger partial charge in [0.25, 0.3) is 5.91 Å². The van der Waals surface area contributed by atoms with Crippen molar-refractivity contribution in [1.29, 1.82) is 0 Å². The van der Waals surface area contributed by atoms with E-state index in [-0.39, 0.29) is 5.91 Å². The van der Waals surface area contributed by atoms with Crippen LogP contribution in [0.2, 0.25) is 5.02 Å². The van der Waals surface area contributed by atoms with Crippen LogP contribution in [0.25, 0.3) is 0 Å². The topological polar surface area (TPSA) is 57.8 Å². The molecule has 2 rings (SSSR count). The lowest BCUT2D eigenvalue weighted by Crippen LogP contribution is -2.12. The predicted molar refractivity (Wildman–Crippen MR) is 80.1 cm³/mol. The van der Waals surface area contributed by atoms with E-state index in [2.05, 4.69) is 38.1 Å². The molecule has 1 aromatic heterocycles. The number of benzene rings is 1. The number of hydrogen-bond donors (Lipinski definition) is 2. The first-order chi connectivity index (χ1) is 8.60. The summed E-state index contributed by atoms with van der Waals surface area (Å²) in [4.78, 5) is 11.9. The standard InChI is InChI=1S/C12H11ClIN3O/c1-2-8-6-11(17-16-8)15-12(18)7-3-4-10(14)9(13)5-7/h3-6H,2H2,1H3,(H2,15,16,17,18). The van der Waals surface area contributed by atoms with Crippen molar-refractivity contribution >= 4 is 45.9 Å². The Labute approximate surface area is 123 Å². The van der Waals surface area contributed by atoms with Crippen LogP contribution in [0.5, 0.6) is 0 Å². The predicted octanol–water partition coefficient (Wildman–Crippen LogP) is 3.48. The molecule has 6 heteroatoms. The highest BCUT2D eigenvalue weighted by Gasteiger charge is 2.09. The van der Waals surface area contributed by atoms with E-state index in [0.29, 0.717) is 16.4 Å². The Kier molecular flexibility index (Phi) is 4.23. The van der Waals surface area contributed by atoms with E-state index >= 15 is 0 Å². The van der Waals surface area contributed by atoms with E-state index in [0.717, 1.165) is 15.7 Å². The zero-order valence-electron chi connectivity index (χ0n) is 9.63. The summed E-state index contributed by atoms with van der Waals surface area (Å²) in [7, 11) is 0. The van der Waals surface area contributed by atoms with Crippen LogP contribution in [0, 0.1) is 3.57 Å². The molecule has 18 heavy (non-hydrogen) atoms. The van der Waals surface area contributed by atoms with E-state index in [1.807, 2.05) is 13.0 Å². The monoisotopic (exact) mass is 375 g/mol. The highest BCUT2D eigenvalue weighted by molar-refractivity contribution is 14.1. The summed E-state index contributed by atoms with van der Waals surface area (Å²) in [6, 6.07) is 6.99. The van der Waals surface area contributed by atoms with Crippen molar-refractivity contribution in [1.82, 2.24) is 10.2 Å². The van der Waals surface area contributed by atoms with Crippen LogP contribution in [0.1, 0.15) is 23.0 Å². The largest absolute Gasteiger partial charge is 0.305 e. The van der Waals surface area contributed by atoms with Crippen LogP contribution >= 0.6 is 34.2 Å². The van der Waals surface area contributed by atoms with Crippen LogP contribution in [0.3, 0.4) is 0 Å². The molecule has 2 N–H and O–H groups in total. The first kappa shape index (κ1) is 13.4. The number of halogens is 2. The lowest BCUT2D eigenvalue weighted by atomic mass is 10.2. The Bertz CT molecular complexity index is 582. The summed E-state index contributed by atoms with van der Waals surface area (Å²) in [6.45, 7) is 2.01. The normalized spacial score (nSPS) is 10.4. The molecular weight excluding hydrogens is 365 g/mol. The average Bonchev–Trinajstić information content (AvgIpc) is 2.80. The molecule has 0 aliphatic heterocycles. The van der Waals surface area contributed by atoms with Crippen LogP contribution in [0.4, 0.5) is 5.82 Å². The minimum atomic E-state index is -0.220. The summed E-state index contributed by atoms with van der Waals surface area (Å²) < 4.78 is 0.916. The molecule has 1 amide bonds. The molecule has 0 fully saturated rings. The van der Waals surface area contributed by atoms with Gasteiger partial charge >= 0.3 is 0 Å². The van der Waals surface area contributed by atoms with Crippen molar-refractivity contribution in [3.05, 3.63) is 44.1 Å². The fourth-order valence-corrected chi connectivity index (χ4v) is 1.95. The molecule has 0 spiro atoms. The number of carbonyl (C=O) groups excluding carboxylic acids is 1. The van der Waals surface area contributed by atoms with Gasteiger partial charge in [-0.1, -0.05) is 18.5 Å². The molecule has 0 bridgehead atoms. The van der Waals surface area contributed by atoms with Crippen molar-refractivity contribution in [3.8, 4) is 0 Å². The molecule has 2 aromatic rings. The van der Waals surface area contributed by atoms with E-state index in [1.165, 1.54) is 0 Å². The van der Waals surface area contributed by atoms with E-state index in [9.17, 15) is 4.79 Å². The van der Waals surface area contributed by atoms with Crippen molar-refractivity contribution in [2.45, 2.75) is 13.3 Å². The van der Waals surface area contributed by atoms with Crippen molar-refractivity contribution in [2.24, 2.45) is 0 Å². The molecule has 0 aliphatic rings. The second-order valence-electron chi connectivity index (χ2n) is 3.71. The first-order valence-electron chi connectivity index (χ1n) is 5.41. The number of H-pyrrole nitrogens is 1. The van der Waals surface area contributed by atoms with Crippen LogP contribution in [0.15, 0.2) is 24.3 Å². The van der Waals surface area contributed by atoms with Gasteiger partial charge in [-0.05, 0) is 47.2 Å². The second-order valence-corrected chi connectivity index (χ2v) is 5.28. The summed E-state index contributed by atoms with van der Waals surface area (Å²) in [6.07, 6.45) is 0.845. The van der Waals surface area contributed by atoms with Gasteiger partial charge < -0.3 is 5.32 Å². The van der Waals surface area contributed by atoms with Crippen molar-refractivity contribution in [2.75, 3.05) is 5.32 Å². The number of rotatable bonds is 3. The van der Waals surface area contributed by atoms with E-state index in [1.54, 1.807) is 18.2 Å². The van der Waals surface area contributed by atoms with Crippen LogP contribution < -0.4 is 5.32 Å². The summed E-state index contributed by atoms with van der Waals surface area (Å²) in [5, 5.41) is 10.1. The molecule has 0 saturated heterocycles. The molecule has 0 unspecified atom stereocenters. The number of aryl methyl sites for hydroxylation is 1. The van der Waals surface area contributed by atoms with Crippen molar-refractivity contribution < 1.29 is 4.79 Å². The third kappa shape index (κ3) is 3.02. The Hall–Kier alpha value is -1.08. The minimum Gasteiger partial charge on any atom is -0.305 e. The number of anilines is 1. The number of aromatic amines is 1. The molecule has 94 valence electrons. The number of nitrogens with one attached hydrogen (secondary N) is 2. The average molecular weight is 376 g/mol. The van der Waals surface area contributed by atoms with Crippen LogP contribution in [-0.2, 0) is 6.42 Å². The molecule has 1 aromatic carbocycles. The molecule has 1 heterocycles. The second kappa shape index (κ2) is 5.71. The summed E-state index contributed by atoms with van der Waals surface area (Å²) in [5.41, 5.74) is 1.49. The van der Waals surface area contributed by atoms with Gasteiger partial charge in [-0.15, -0.1) is 0 Å². The van der Waals surface area contributed by atoms with Gasteiger partial charge in [-0.25, -0.2) is 0 Å². The van der Waals surface area contributed by atoms with Gasteiger partial charge in [-0.2, -0.15) is 5.10 Å². The number of amides is 1. The Morgan fingerprint density at radius 2 is 2.28 bits per heavy atom. The maximum Gasteiger partial charge on any atom is 0.256 e. The zero-order valence-corrected chi connectivity index (χ0v) is 12.5. The highest BCUT2D eigenvalue weighted by atomic mass is 127. The van der Waals surface area contributed by atoms with E-state index in [4.69, 9.17) is 11.6 Å². The van der Waals surface area contributed by atoms with Crippen LogP contribution in [-0.4, -0.2) is 16.1 Å². The van der Waals surface area contributed by atoms with Gasteiger partial charge in [-0.3, -0.25) is 9.89 Å². The minimum absolute atomic E-state index is 0.220. The molecule has 0 atom stereocenters. The maximum atomic E-state index is 11.9. The quantitative estimate of drug-likeness (QED) is 0.807. The molecule has 4 nitrogen and oxygen atoms in total. The van der Waals surface area contributed by atoms with Gasteiger partial charge in [0.15, 0.2) is 5.82 Å². The summed E-state index contributed by atoms with van der Waals surface area (Å²) in [5.74, 6) is 0.300. The number of hydrogen-bond acceptors (Lipinski definition) is 2. The number of carbonyl (C=O) groups is 1. The lowest BCUT2D eigenvalue weighted by Gasteiger charge is -2.03. The van der Waals surface area contributed by atoms with Crippen molar-refractivity contribution in [3.63, 3.8) is 0 Å². The Balaban J connectivity index is 2.14. The molecule has 0 saturated carbocycles. The van der Waals surface area contributed by atoms with E-state index < -0.39 is 0 Å².